The summed E-state index contributed by atoms with van der Waals surface area (Å²) >= 11 is 0. The molecule has 0 bridgehead atoms. The third-order valence-electron chi connectivity index (χ3n) is 4.09. The minimum Gasteiger partial charge on any atom is -0.479 e. The molecule has 1 fully saturated rings. The number of morpholine rings is 1. The van der Waals surface area contributed by atoms with Crippen LogP contribution in [0.25, 0.3) is 0 Å². The van der Waals surface area contributed by atoms with E-state index in [4.69, 9.17) is 9.47 Å². The maximum atomic E-state index is 12.3. The molecule has 0 N–H and O–H groups in total. The average Bonchev–Trinajstić information content (AvgIpc) is 2.54. The summed E-state index contributed by atoms with van der Waals surface area (Å²) in [6.45, 7) is 4.21. The summed E-state index contributed by atoms with van der Waals surface area (Å²) in [5.41, 5.74) is 1.60. The quantitative estimate of drug-likeness (QED) is 0.812. The second-order valence-corrected chi connectivity index (χ2v) is 5.63. The maximum Gasteiger partial charge on any atom is 0.267 e. The predicted molar refractivity (Wildman–Crippen MR) is 81.0 cm³/mol. The summed E-state index contributed by atoms with van der Waals surface area (Å²) in [6.07, 6.45) is -0.149. The van der Waals surface area contributed by atoms with Crippen LogP contribution in [0.4, 0.5) is 5.69 Å². The summed E-state index contributed by atoms with van der Waals surface area (Å²) in [5, 5.41) is 0. The number of carbonyl (C=O) groups is 2. The van der Waals surface area contributed by atoms with Gasteiger partial charge in [-0.2, -0.15) is 0 Å². The lowest BCUT2D eigenvalue weighted by Crippen LogP contribution is -2.42. The molecule has 0 aromatic heterocycles. The molecule has 0 radical (unpaired) electrons. The zero-order valence-corrected chi connectivity index (χ0v) is 12.9. The topological polar surface area (TPSA) is 59.1 Å². The molecule has 0 spiro atoms. The van der Waals surface area contributed by atoms with E-state index in [1.165, 1.54) is 0 Å². The first kappa shape index (κ1) is 14.8. The summed E-state index contributed by atoms with van der Waals surface area (Å²) < 4.78 is 10.8. The summed E-state index contributed by atoms with van der Waals surface area (Å²) in [6, 6.07) is 5.57. The number of carbonyl (C=O) groups excluding carboxylic acids is 2. The van der Waals surface area contributed by atoms with Gasteiger partial charge in [-0.1, -0.05) is 6.07 Å². The number of benzene rings is 1. The van der Waals surface area contributed by atoms with Gasteiger partial charge in [-0.15, -0.1) is 0 Å². The van der Waals surface area contributed by atoms with E-state index >= 15 is 0 Å². The lowest BCUT2D eigenvalue weighted by atomic mass is 10.1. The van der Waals surface area contributed by atoms with E-state index in [0.717, 1.165) is 11.3 Å². The predicted octanol–water partition coefficient (Wildman–Crippen LogP) is 0.832. The van der Waals surface area contributed by atoms with Crippen molar-refractivity contribution in [3.63, 3.8) is 0 Å². The Bertz CT molecular complexity index is 596. The summed E-state index contributed by atoms with van der Waals surface area (Å²) in [4.78, 5) is 27.7. The Labute approximate surface area is 129 Å². The van der Waals surface area contributed by atoms with Crippen molar-refractivity contribution in [3.05, 3.63) is 23.8 Å². The van der Waals surface area contributed by atoms with Crippen LogP contribution in [0.5, 0.6) is 5.75 Å². The number of hydrogen-bond donors (Lipinski definition) is 0. The van der Waals surface area contributed by atoms with E-state index in [0.29, 0.717) is 38.5 Å². The van der Waals surface area contributed by atoms with Crippen LogP contribution in [0, 0.1) is 0 Å². The standard InChI is InChI=1S/C16H20N2O4/c1-11-16(20)17(2)13-9-12(3-4-14(13)22-11)10-15(19)18-5-7-21-8-6-18/h3-4,9,11H,5-8,10H2,1-2H3. The van der Waals surface area contributed by atoms with E-state index < -0.39 is 6.10 Å². The molecule has 6 nitrogen and oxygen atoms in total. The Kier molecular flexibility index (Phi) is 4.02. The number of likely N-dealkylation sites (N-methyl/N-ethyl adjacent to an activating group) is 1. The Morgan fingerprint density at radius 2 is 2.05 bits per heavy atom. The van der Waals surface area contributed by atoms with Gasteiger partial charge in [0, 0.05) is 20.1 Å². The van der Waals surface area contributed by atoms with E-state index in [1.807, 2.05) is 23.1 Å². The maximum absolute atomic E-state index is 12.3. The van der Waals surface area contributed by atoms with Crippen LogP contribution >= 0.6 is 0 Å². The third kappa shape index (κ3) is 2.78. The number of anilines is 1. The molecular formula is C16H20N2O4. The van der Waals surface area contributed by atoms with Crippen molar-refractivity contribution < 1.29 is 19.1 Å². The molecule has 0 aliphatic carbocycles. The van der Waals surface area contributed by atoms with E-state index in [2.05, 4.69) is 0 Å². The van der Waals surface area contributed by atoms with Gasteiger partial charge in [-0.25, -0.2) is 0 Å². The summed E-state index contributed by atoms with van der Waals surface area (Å²) in [5.74, 6) is 0.684. The van der Waals surface area contributed by atoms with E-state index in [9.17, 15) is 9.59 Å². The molecule has 1 aromatic rings. The van der Waals surface area contributed by atoms with Crippen molar-refractivity contribution in [3.8, 4) is 5.75 Å². The second kappa shape index (κ2) is 5.96. The van der Waals surface area contributed by atoms with Gasteiger partial charge in [0.1, 0.15) is 5.75 Å². The van der Waals surface area contributed by atoms with Crippen LogP contribution in [0.15, 0.2) is 18.2 Å². The molecule has 6 heteroatoms. The Balaban J connectivity index is 1.76. The van der Waals surface area contributed by atoms with Crippen molar-refractivity contribution in [1.29, 1.82) is 0 Å². The molecule has 2 aliphatic heterocycles. The second-order valence-electron chi connectivity index (χ2n) is 5.63. The zero-order chi connectivity index (χ0) is 15.7. The highest BCUT2D eigenvalue weighted by Gasteiger charge is 2.29. The van der Waals surface area contributed by atoms with E-state index in [1.54, 1.807) is 18.9 Å². The minimum absolute atomic E-state index is 0.0795. The van der Waals surface area contributed by atoms with Crippen LogP contribution in [-0.2, 0) is 20.7 Å². The monoisotopic (exact) mass is 304 g/mol. The molecule has 118 valence electrons. The van der Waals surface area contributed by atoms with Crippen LogP contribution < -0.4 is 9.64 Å². The smallest absolute Gasteiger partial charge is 0.267 e. The molecule has 0 saturated carbocycles. The van der Waals surface area contributed by atoms with Gasteiger partial charge in [0.15, 0.2) is 6.10 Å². The lowest BCUT2D eigenvalue weighted by molar-refractivity contribution is -0.134. The van der Waals surface area contributed by atoms with Crippen LogP contribution in [-0.4, -0.2) is 56.2 Å². The van der Waals surface area contributed by atoms with Gasteiger partial charge in [-0.05, 0) is 24.6 Å². The fourth-order valence-corrected chi connectivity index (χ4v) is 2.77. The van der Waals surface area contributed by atoms with Crippen LogP contribution in [0.2, 0.25) is 0 Å². The normalized spacial score (nSPS) is 21.4. The Morgan fingerprint density at radius 1 is 1.32 bits per heavy atom. The van der Waals surface area contributed by atoms with Crippen molar-refractivity contribution in [2.45, 2.75) is 19.4 Å². The van der Waals surface area contributed by atoms with Gasteiger partial charge in [0.25, 0.3) is 5.91 Å². The molecule has 2 amide bonds. The average molecular weight is 304 g/mol. The van der Waals surface area contributed by atoms with Gasteiger partial charge in [0.2, 0.25) is 5.91 Å². The molecular weight excluding hydrogens is 284 g/mol. The van der Waals surface area contributed by atoms with Crippen LogP contribution in [0.3, 0.4) is 0 Å². The highest BCUT2D eigenvalue weighted by molar-refractivity contribution is 5.99. The zero-order valence-electron chi connectivity index (χ0n) is 12.9. The van der Waals surface area contributed by atoms with Crippen molar-refractivity contribution >= 4 is 17.5 Å². The van der Waals surface area contributed by atoms with E-state index in [-0.39, 0.29) is 11.8 Å². The Hall–Kier alpha value is -2.08. The highest BCUT2D eigenvalue weighted by Crippen LogP contribution is 2.34. The summed E-state index contributed by atoms with van der Waals surface area (Å²) in [7, 11) is 1.73. The SMILES string of the molecule is CC1Oc2ccc(CC(=O)N3CCOCC3)cc2N(C)C1=O. The first-order chi connectivity index (χ1) is 10.6. The van der Waals surface area contributed by atoms with Gasteiger partial charge >= 0.3 is 0 Å². The molecule has 2 aliphatic rings. The molecule has 1 atom stereocenters. The highest BCUT2D eigenvalue weighted by atomic mass is 16.5. The van der Waals surface area contributed by atoms with Gasteiger partial charge in [0.05, 0.1) is 25.3 Å². The van der Waals surface area contributed by atoms with Crippen molar-refractivity contribution in [1.82, 2.24) is 4.90 Å². The Morgan fingerprint density at radius 3 is 2.77 bits per heavy atom. The third-order valence-corrected chi connectivity index (χ3v) is 4.09. The molecule has 1 saturated heterocycles. The number of rotatable bonds is 2. The molecule has 2 heterocycles. The van der Waals surface area contributed by atoms with Gasteiger partial charge < -0.3 is 19.3 Å². The van der Waals surface area contributed by atoms with Crippen molar-refractivity contribution in [2.24, 2.45) is 0 Å². The fourth-order valence-electron chi connectivity index (χ4n) is 2.77. The largest absolute Gasteiger partial charge is 0.479 e. The van der Waals surface area contributed by atoms with Crippen LogP contribution in [0.1, 0.15) is 12.5 Å². The number of nitrogens with zero attached hydrogens (tertiary/aromatic N) is 2. The number of fused-ring (bicyclic) bond motifs is 1. The van der Waals surface area contributed by atoms with Crippen molar-refractivity contribution in [2.75, 3.05) is 38.3 Å². The minimum atomic E-state index is -0.474. The molecule has 3 rings (SSSR count). The number of hydrogen-bond acceptors (Lipinski definition) is 4. The fraction of sp³-hybridized carbons (Fsp3) is 0.500. The van der Waals surface area contributed by atoms with Gasteiger partial charge in [-0.3, -0.25) is 9.59 Å². The first-order valence-corrected chi connectivity index (χ1v) is 7.49. The lowest BCUT2D eigenvalue weighted by Gasteiger charge is -2.31. The molecule has 1 unspecified atom stereocenters. The molecule has 22 heavy (non-hydrogen) atoms. The molecule has 1 aromatic carbocycles. The first-order valence-electron chi connectivity index (χ1n) is 7.49. The number of amides is 2. The number of ether oxygens (including phenoxy) is 2.